The first-order chi connectivity index (χ1) is 11.0. The van der Waals surface area contributed by atoms with Crippen LogP contribution in [0, 0.1) is 10.1 Å². The molecule has 1 aliphatic rings. The molecule has 0 radical (unpaired) electrons. The number of fused-ring (bicyclic) bond motifs is 1. The van der Waals surface area contributed by atoms with Crippen LogP contribution >= 0.6 is 11.6 Å². The van der Waals surface area contributed by atoms with Crippen molar-refractivity contribution < 1.29 is 14.5 Å². The minimum absolute atomic E-state index is 0.0170. The molecule has 1 N–H and O–H groups in total. The number of carbonyl (C=O) groups excluding carboxylic acids is 1. The van der Waals surface area contributed by atoms with Crippen molar-refractivity contribution in [2.24, 2.45) is 0 Å². The normalized spacial score (nSPS) is 14.5. The Balaban J connectivity index is 2.12. The van der Waals surface area contributed by atoms with Crippen LogP contribution in [-0.4, -0.2) is 17.9 Å². The molecule has 7 heteroatoms. The molecule has 0 bridgehead atoms. The van der Waals surface area contributed by atoms with Gasteiger partial charge >= 0.3 is 0 Å². The molecule has 0 saturated heterocycles. The number of amides is 1. The van der Waals surface area contributed by atoms with Crippen LogP contribution in [0.3, 0.4) is 0 Å². The van der Waals surface area contributed by atoms with Crippen molar-refractivity contribution in [3.8, 4) is 5.75 Å². The van der Waals surface area contributed by atoms with E-state index in [4.69, 9.17) is 16.3 Å². The lowest BCUT2D eigenvalue weighted by Gasteiger charge is -2.03. The molecule has 2 aromatic rings. The molecule has 1 aliphatic heterocycles. The molecular weight excluding hydrogens is 320 g/mol. The monoisotopic (exact) mass is 330 g/mol. The summed E-state index contributed by atoms with van der Waals surface area (Å²) in [5.41, 5.74) is 1.76. The Hall–Kier alpha value is -2.86. The minimum Gasteiger partial charge on any atom is -0.497 e. The highest BCUT2D eigenvalue weighted by Crippen LogP contribution is 2.39. The van der Waals surface area contributed by atoms with Crippen molar-refractivity contribution in [2.45, 2.75) is 0 Å². The molecule has 0 unspecified atom stereocenters. The predicted octanol–water partition coefficient (Wildman–Crippen LogP) is 3.75. The predicted molar refractivity (Wildman–Crippen MR) is 87.6 cm³/mol. The Bertz CT molecular complexity index is 861. The molecule has 0 aliphatic carbocycles. The maximum atomic E-state index is 12.2. The van der Waals surface area contributed by atoms with Crippen LogP contribution in [0.25, 0.3) is 11.6 Å². The lowest BCUT2D eigenvalue weighted by molar-refractivity contribution is -0.384. The van der Waals surface area contributed by atoms with E-state index in [2.05, 4.69) is 5.32 Å². The fourth-order valence-corrected chi connectivity index (χ4v) is 2.61. The Morgan fingerprint density at radius 3 is 2.78 bits per heavy atom. The zero-order valence-corrected chi connectivity index (χ0v) is 12.8. The summed E-state index contributed by atoms with van der Waals surface area (Å²) in [6.07, 6.45) is 1.65. The van der Waals surface area contributed by atoms with Crippen molar-refractivity contribution >= 4 is 40.5 Å². The number of carbonyl (C=O) groups is 1. The van der Waals surface area contributed by atoms with Gasteiger partial charge in [-0.05, 0) is 29.8 Å². The van der Waals surface area contributed by atoms with Crippen LogP contribution in [0.5, 0.6) is 5.75 Å². The number of nitro benzene ring substituents is 1. The third kappa shape index (κ3) is 2.76. The Morgan fingerprint density at radius 2 is 2.09 bits per heavy atom. The summed E-state index contributed by atoms with van der Waals surface area (Å²) in [6, 6.07) is 9.85. The Morgan fingerprint density at radius 1 is 1.30 bits per heavy atom. The van der Waals surface area contributed by atoms with E-state index in [-0.39, 0.29) is 16.6 Å². The van der Waals surface area contributed by atoms with Gasteiger partial charge in [-0.25, -0.2) is 0 Å². The molecule has 23 heavy (non-hydrogen) atoms. The van der Waals surface area contributed by atoms with Gasteiger partial charge in [-0.2, -0.15) is 0 Å². The van der Waals surface area contributed by atoms with Crippen LogP contribution in [0.4, 0.5) is 11.4 Å². The number of benzene rings is 2. The van der Waals surface area contributed by atoms with E-state index in [0.29, 0.717) is 22.6 Å². The van der Waals surface area contributed by atoms with Crippen molar-refractivity contribution in [1.29, 1.82) is 0 Å². The number of nitrogens with one attached hydrogen (secondary N) is 1. The van der Waals surface area contributed by atoms with Crippen LogP contribution in [-0.2, 0) is 4.79 Å². The van der Waals surface area contributed by atoms with Gasteiger partial charge in [0.2, 0.25) is 0 Å². The lowest BCUT2D eigenvalue weighted by atomic mass is 10.0. The smallest absolute Gasteiger partial charge is 0.288 e. The minimum atomic E-state index is -0.575. The molecule has 2 aromatic carbocycles. The van der Waals surface area contributed by atoms with Crippen molar-refractivity contribution in [3.05, 3.63) is 62.7 Å². The third-order valence-electron chi connectivity index (χ3n) is 3.47. The quantitative estimate of drug-likeness (QED) is 0.528. The summed E-state index contributed by atoms with van der Waals surface area (Å²) in [4.78, 5) is 22.6. The number of anilines is 1. The number of ether oxygens (including phenoxy) is 1. The number of rotatable bonds is 3. The summed E-state index contributed by atoms with van der Waals surface area (Å²) in [5.74, 6) is 0.319. The zero-order chi connectivity index (χ0) is 16.6. The van der Waals surface area contributed by atoms with E-state index in [9.17, 15) is 14.9 Å². The summed E-state index contributed by atoms with van der Waals surface area (Å²) in [5, 5.41) is 13.7. The Labute approximate surface area is 136 Å². The largest absolute Gasteiger partial charge is 0.497 e. The van der Waals surface area contributed by atoms with Crippen LogP contribution < -0.4 is 10.1 Å². The number of methoxy groups -OCH3 is 1. The summed E-state index contributed by atoms with van der Waals surface area (Å²) < 4.78 is 5.15. The number of halogens is 1. The second kappa shape index (κ2) is 5.73. The molecule has 116 valence electrons. The van der Waals surface area contributed by atoms with Crippen LogP contribution in [0.1, 0.15) is 11.1 Å². The number of nitro groups is 1. The van der Waals surface area contributed by atoms with Gasteiger partial charge in [0, 0.05) is 17.2 Å². The van der Waals surface area contributed by atoms with Gasteiger partial charge in [-0.3, -0.25) is 14.9 Å². The highest BCUT2D eigenvalue weighted by molar-refractivity contribution is 6.37. The fourth-order valence-electron chi connectivity index (χ4n) is 2.38. The topological polar surface area (TPSA) is 81.5 Å². The van der Waals surface area contributed by atoms with E-state index in [0.717, 1.165) is 5.56 Å². The summed E-state index contributed by atoms with van der Waals surface area (Å²) in [7, 11) is 1.55. The maximum absolute atomic E-state index is 12.2. The molecule has 0 spiro atoms. The van der Waals surface area contributed by atoms with Gasteiger partial charge in [0.25, 0.3) is 11.6 Å². The SMILES string of the molecule is COc1cccc(/C=C2\C(=O)Nc3cc(Cl)c([N+](=O)[O-])cc32)c1. The van der Waals surface area contributed by atoms with Crippen LogP contribution in [0.2, 0.25) is 5.02 Å². The molecule has 0 aromatic heterocycles. The van der Waals surface area contributed by atoms with Gasteiger partial charge in [-0.1, -0.05) is 23.7 Å². The van der Waals surface area contributed by atoms with Gasteiger partial charge < -0.3 is 10.1 Å². The second-order valence-corrected chi connectivity index (χ2v) is 5.30. The lowest BCUT2D eigenvalue weighted by Crippen LogP contribution is -2.03. The molecule has 0 saturated carbocycles. The first kappa shape index (κ1) is 15.1. The first-order valence-corrected chi connectivity index (χ1v) is 7.03. The molecule has 1 amide bonds. The zero-order valence-electron chi connectivity index (χ0n) is 12.0. The number of hydrogen-bond acceptors (Lipinski definition) is 4. The van der Waals surface area contributed by atoms with E-state index in [1.807, 2.05) is 6.07 Å². The average Bonchev–Trinajstić information content (AvgIpc) is 2.81. The first-order valence-electron chi connectivity index (χ1n) is 6.65. The van der Waals surface area contributed by atoms with Crippen molar-refractivity contribution in [2.75, 3.05) is 12.4 Å². The number of hydrogen-bond donors (Lipinski definition) is 1. The average molecular weight is 331 g/mol. The fraction of sp³-hybridized carbons (Fsp3) is 0.0625. The summed E-state index contributed by atoms with van der Waals surface area (Å²) >= 11 is 5.87. The maximum Gasteiger partial charge on any atom is 0.288 e. The molecule has 0 atom stereocenters. The van der Waals surface area contributed by atoms with E-state index in [1.54, 1.807) is 31.4 Å². The van der Waals surface area contributed by atoms with Gasteiger partial charge in [0.15, 0.2) is 0 Å². The molecule has 6 nitrogen and oxygen atoms in total. The highest BCUT2D eigenvalue weighted by atomic mass is 35.5. The Kier molecular flexibility index (Phi) is 3.75. The van der Waals surface area contributed by atoms with Crippen LogP contribution in [0.15, 0.2) is 36.4 Å². The standard InChI is InChI=1S/C16H11ClN2O4/c1-23-10-4-2-3-9(5-10)6-12-11-7-15(19(21)22)13(17)8-14(11)18-16(12)20/h2-8H,1H3,(H,18,20)/b12-6-. The van der Waals surface area contributed by atoms with Gasteiger partial charge in [-0.15, -0.1) is 0 Å². The second-order valence-electron chi connectivity index (χ2n) is 4.90. The van der Waals surface area contributed by atoms with Gasteiger partial charge in [0.1, 0.15) is 10.8 Å². The highest BCUT2D eigenvalue weighted by Gasteiger charge is 2.28. The van der Waals surface area contributed by atoms with E-state index < -0.39 is 4.92 Å². The molecule has 0 fully saturated rings. The molecular formula is C16H11ClN2O4. The summed E-state index contributed by atoms with van der Waals surface area (Å²) in [6.45, 7) is 0. The van der Waals surface area contributed by atoms with E-state index >= 15 is 0 Å². The molecule has 3 rings (SSSR count). The third-order valence-corrected chi connectivity index (χ3v) is 3.77. The van der Waals surface area contributed by atoms with E-state index in [1.165, 1.54) is 12.1 Å². The van der Waals surface area contributed by atoms with Crippen molar-refractivity contribution in [1.82, 2.24) is 0 Å². The molecule has 1 heterocycles. The van der Waals surface area contributed by atoms with Gasteiger partial charge in [0.05, 0.1) is 17.7 Å². The number of nitrogens with zero attached hydrogens (tertiary/aromatic N) is 1. The van der Waals surface area contributed by atoms with Crippen molar-refractivity contribution in [3.63, 3.8) is 0 Å².